The van der Waals surface area contributed by atoms with E-state index in [2.05, 4.69) is 29.4 Å². The van der Waals surface area contributed by atoms with E-state index >= 15 is 4.39 Å². The number of anilines is 4. The smallest absolute Gasteiger partial charge is 0.322 e. The van der Waals surface area contributed by atoms with Crippen LogP contribution in [0.2, 0.25) is 0 Å². The fourth-order valence-electron chi connectivity index (χ4n) is 4.51. The maximum atomic E-state index is 15.3. The number of hydrogen-bond acceptors (Lipinski definition) is 8. The lowest BCUT2D eigenvalue weighted by molar-refractivity contribution is 0.410. The van der Waals surface area contributed by atoms with E-state index in [-0.39, 0.29) is 11.8 Å². The number of benzene rings is 2. The molecule has 174 valence electrons. The van der Waals surface area contributed by atoms with Crippen molar-refractivity contribution in [3.63, 3.8) is 0 Å². The van der Waals surface area contributed by atoms with Crippen molar-refractivity contribution >= 4 is 34.0 Å². The van der Waals surface area contributed by atoms with Crippen molar-refractivity contribution in [1.29, 1.82) is 0 Å². The van der Waals surface area contributed by atoms with E-state index in [0.717, 1.165) is 22.8 Å². The van der Waals surface area contributed by atoms with Crippen LogP contribution in [0.1, 0.15) is 5.69 Å². The van der Waals surface area contributed by atoms with Gasteiger partial charge in [-0.05, 0) is 48.9 Å². The van der Waals surface area contributed by atoms with Crippen LogP contribution in [0.4, 0.5) is 27.4 Å². The van der Waals surface area contributed by atoms with Crippen molar-refractivity contribution < 1.29 is 9.13 Å². The van der Waals surface area contributed by atoms with Gasteiger partial charge in [-0.25, -0.2) is 24.3 Å². The normalized spacial score (nSPS) is 12.8. The van der Waals surface area contributed by atoms with Crippen LogP contribution in [0, 0.1) is 12.7 Å². The first kappa shape index (κ1) is 20.8. The van der Waals surface area contributed by atoms with Gasteiger partial charge in [0.2, 0.25) is 0 Å². The molecule has 0 unspecified atom stereocenters. The Bertz CT molecular complexity index is 1600. The van der Waals surface area contributed by atoms with Crippen LogP contribution < -0.4 is 21.1 Å². The summed E-state index contributed by atoms with van der Waals surface area (Å²) >= 11 is 0. The predicted molar refractivity (Wildman–Crippen MR) is 132 cm³/mol. The third-order valence-corrected chi connectivity index (χ3v) is 6.02. The van der Waals surface area contributed by atoms with Crippen molar-refractivity contribution in [3.05, 3.63) is 72.6 Å². The average molecular weight is 468 g/mol. The van der Waals surface area contributed by atoms with Gasteiger partial charge in [0.05, 0.1) is 5.39 Å². The minimum absolute atomic E-state index is 0.0245. The minimum Gasteiger partial charge on any atom is -0.421 e. The molecule has 2 aromatic carbocycles. The van der Waals surface area contributed by atoms with Gasteiger partial charge in [0.15, 0.2) is 11.6 Å². The molecule has 0 fully saturated rings. The Morgan fingerprint density at radius 1 is 1.00 bits per heavy atom. The summed E-state index contributed by atoms with van der Waals surface area (Å²) < 4.78 is 22.9. The molecule has 0 spiro atoms. The summed E-state index contributed by atoms with van der Waals surface area (Å²) in [6.07, 6.45) is 3.01. The van der Waals surface area contributed by atoms with Gasteiger partial charge < -0.3 is 25.7 Å². The zero-order valence-corrected chi connectivity index (χ0v) is 18.8. The van der Waals surface area contributed by atoms with E-state index in [1.54, 1.807) is 24.4 Å². The first-order valence-electron chi connectivity index (χ1n) is 11.0. The third kappa shape index (κ3) is 3.46. The number of halogens is 1. The van der Waals surface area contributed by atoms with E-state index in [4.69, 9.17) is 16.2 Å². The molecule has 5 aromatic rings. The molecular formula is C25H21FN8O. The van der Waals surface area contributed by atoms with Crippen LogP contribution in [0.5, 0.6) is 11.8 Å². The van der Waals surface area contributed by atoms with Crippen LogP contribution in [0.15, 0.2) is 61.1 Å². The third-order valence-electron chi connectivity index (χ3n) is 6.02. The summed E-state index contributed by atoms with van der Waals surface area (Å²) in [5.74, 6) is 0.655. The van der Waals surface area contributed by atoms with E-state index in [1.807, 2.05) is 31.2 Å². The standard InChI is InChI=1S/C25H21FN8O/c1-14-7-8-29-25(32-14)35-19-6-5-15(11-18(19)26)20-21-22(28)30-13-31-23(21)34-10-9-33(24(20)34)17-4-2-3-16(27)12-17/h2-8,11-13H,9-10,27H2,1H3,(H2,28,30,31). The molecule has 0 atom stereocenters. The molecule has 4 heterocycles. The fourth-order valence-corrected chi connectivity index (χ4v) is 4.51. The molecule has 9 nitrogen and oxygen atoms in total. The second-order valence-corrected chi connectivity index (χ2v) is 8.28. The average Bonchev–Trinajstić information content (AvgIpc) is 3.40. The van der Waals surface area contributed by atoms with Crippen LogP contribution in [0.25, 0.3) is 22.2 Å². The number of nitrogens with two attached hydrogens (primary N) is 2. The van der Waals surface area contributed by atoms with Crippen molar-refractivity contribution in [2.75, 3.05) is 22.9 Å². The van der Waals surface area contributed by atoms with Gasteiger partial charge in [0.25, 0.3) is 0 Å². The molecule has 1 aliphatic heterocycles. The fraction of sp³-hybridized carbons (Fsp3) is 0.120. The number of aryl methyl sites for hydroxylation is 1. The number of nitrogens with zero attached hydrogens (tertiary/aromatic N) is 6. The Hall–Kier alpha value is -4.73. The van der Waals surface area contributed by atoms with Crippen LogP contribution in [0.3, 0.4) is 0 Å². The molecule has 0 saturated heterocycles. The maximum absolute atomic E-state index is 15.3. The summed E-state index contributed by atoms with van der Waals surface area (Å²) in [5, 5.41) is 0.672. The van der Waals surface area contributed by atoms with Gasteiger partial charge in [-0.15, -0.1) is 0 Å². The molecule has 0 saturated carbocycles. The lowest BCUT2D eigenvalue weighted by Gasteiger charge is -2.20. The topological polar surface area (TPSA) is 121 Å². The monoisotopic (exact) mass is 468 g/mol. The lowest BCUT2D eigenvalue weighted by Crippen LogP contribution is -2.14. The predicted octanol–water partition coefficient (Wildman–Crippen LogP) is 4.44. The highest BCUT2D eigenvalue weighted by atomic mass is 19.1. The van der Waals surface area contributed by atoms with Gasteiger partial charge in [-0.1, -0.05) is 12.1 Å². The second-order valence-electron chi connectivity index (χ2n) is 8.28. The summed E-state index contributed by atoms with van der Waals surface area (Å²) in [7, 11) is 0. The molecule has 6 rings (SSSR count). The molecule has 0 bridgehead atoms. The van der Waals surface area contributed by atoms with Crippen LogP contribution >= 0.6 is 0 Å². The number of aromatic nitrogens is 5. The Morgan fingerprint density at radius 3 is 2.69 bits per heavy atom. The van der Waals surface area contributed by atoms with Gasteiger partial charge >= 0.3 is 6.01 Å². The van der Waals surface area contributed by atoms with E-state index in [1.165, 1.54) is 12.4 Å². The second kappa shape index (κ2) is 7.94. The van der Waals surface area contributed by atoms with E-state index in [0.29, 0.717) is 41.2 Å². The molecule has 1 aliphatic rings. The Kier molecular flexibility index (Phi) is 4.73. The summed E-state index contributed by atoms with van der Waals surface area (Å²) in [6, 6.07) is 14.2. The van der Waals surface area contributed by atoms with Crippen LogP contribution in [-0.4, -0.2) is 31.0 Å². The zero-order chi connectivity index (χ0) is 24.1. The quantitative estimate of drug-likeness (QED) is 0.371. The molecule has 0 amide bonds. The number of fused-ring (bicyclic) bond motifs is 3. The van der Waals surface area contributed by atoms with Crippen molar-refractivity contribution in [2.45, 2.75) is 13.5 Å². The maximum Gasteiger partial charge on any atom is 0.322 e. The van der Waals surface area contributed by atoms with Gasteiger partial charge in [-0.2, -0.15) is 0 Å². The highest BCUT2D eigenvalue weighted by molar-refractivity contribution is 6.08. The highest BCUT2D eigenvalue weighted by Crippen LogP contribution is 2.47. The van der Waals surface area contributed by atoms with Gasteiger partial charge in [-0.3, -0.25) is 0 Å². The summed E-state index contributed by atoms with van der Waals surface area (Å²) in [5.41, 5.74) is 16.7. The highest BCUT2D eigenvalue weighted by Gasteiger charge is 2.31. The van der Waals surface area contributed by atoms with Gasteiger partial charge in [0, 0.05) is 41.9 Å². The van der Waals surface area contributed by atoms with E-state index < -0.39 is 5.82 Å². The minimum atomic E-state index is -0.551. The zero-order valence-electron chi connectivity index (χ0n) is 18.8. The summed E-state index contributed by atoms with van der Waals surface area (Å²) in [6.45, 7) is 3.21. The van der Waals surface area contributed by atoms with Crippen molar-refractivity contribution in [1.82, 2.24) is 24.5 Å². The molecule has 0 radical (unpaired) electrons. The Balaban J connectivity index is 1.51. The Labute approximate surface area is 199 Å². The summed E-state index contributed by atoms with van der Waals surface area (Å²) in [4.78, 5) is 19.1. The lowest BCUT2D eigenvalue weighted by atomic mass is 10.0. The van der Waals surface area contributed by atoms with Crippen LogP contribution in [-0.2, 0) is 6.54 Å². The molecular weight excluding hydrogens is 447 g/mol. The first-order valence-corrected chi connectivity index (χ1v) is 11.0. The largest absolute Gasteiger partial charge is 0.421 e. The number of ether oxygens (including phenoxy) is 1. The first-order chi connectivity index (χ1) is 17.0. The van der Waals surface area contributed by atoms with Crippen molar-refractivity contribution in [3.8, 4) is 22.9 Å². The van der Waals surface area contributed by atoms with Gasteiger partial charge in [0.1, 0.15) is 23.6 Å². The number of rotatable bonds is 4. The van der Waals surface area contributed by atoms with Crippen molar-refractivity contribution in [2.24, 2.45) is 0 Å². The molecule has 4 N–H and O–H groups in total. The molecule has 10 heteroatoms. The SMILES string of the molecule is Cc1ccnc(Oc2ccc(-c3c4n(c5ncnc(N)c35)CCN4c3cccc(N)c3)cc2F)n1. The molecule has 0 aliphatic carbocycles. The molecule has 35 heavy (non-hydrogen) atoms. The van der Waals surface area contributed by atoms with E-state index in [9.17, 15) is 0 Å². The number of hydrogen-bond donors (Lipinski definition) is 2. The Morgan fingerprint density at radius 2 is 1.89 bits per heavy atom. The number of nitrogen functional groups attached to an aromatic ring is 2. The molecule has 3 aromatic heterocycles.